The molecule has 0 bridgehead atoms. The first-order valence-corrected chi connectivity index (χ1v) is 4.50. The molecule has 0 aromatic rings. The SMILES string of the molecule is [B]/C=C(\F)C(F)(F)C(F)(F)N1CCOCC1. The van der Waals surface area contributed by atoms with Crippen molar-refractivity contribution in [2.24, 2.45) is 0 Å². The van der Waals surface area contributed by atoms with E-state index >= 15 is 0 Å². The molecule has 0 N–H and O–H groups in total. The quantitative estimate of drug-likeness (QED) is 0.422. The van der Waals surface area contributed by atoms with E-state index in [1.807, 2.05) is 0 Å². The van der Waals surface area contributed by atoms with Crippen molar-refractivity contribution in [3.63, 3.8) is 0 Å². The van der Waals surface area contributed by atoms with E-state index in [4.69, 9.17) is 4.74 Å². The summed E-state index contributed by atoms with van der Waals surface area (Å²) in [6.07, 6.45) is 0. The number of morpholine rings is 1. The van der Waals surface area contributed by atoms with E-state index in [0.29, 0.717) is 0 Å². The summed E-state index contributed by atoms with van der Waals surface area (Å²) in [6.45, 7) is -0.972. The minimum atomic E-state index is -4.93. The molecule has 0 aromatic heterocycles. The lowest BCUT2D eigenvalue weighted by Gasteiger charge is -2.37. The van der Waals surface area contributed by atoms with Crippen molar-refractivity contribution in [1.82, 2.24) is 4.90 Å². The van der Waals surface area contributed by atoms with Crippen LogP contribution in [0.4, 0.5) is 22.0 Å². The van der Waals surface area contributed by atoms with Crippen molar-refractivity contribution in [3.8, 4) is 0 Å². The van der Waals surface area contributed by atoms with Crippen molar-refractivity contribution >= 4 is 7.85 Å². The number of halogens is 5. The summed E-state index contributed by atoms with van der Waals surface area (Å²) in [6, 6.07) is -4.61. The lowest BCUT2D eigenvalue weighted by atomic mass is 10.1. The molecule has 1 aliphatic rings. The van der Waals surface area contributed by atoms with Gasteiger partial charge in [-0.3, -0.25) is 0 Å². The van der Waals surface area contributed by atoms with Gasteiger partial charge in [-0.05, 0) is 0 Å². The van der Waals surface area contributed by atoms with Crippen LogP contribution in [0.5, 0.6) is 0 Å². The fraction of sp³-hybridized carbons (Fsp3) is 0.750. The summed E-state index contributed by atoms with van der Waals surface area (Å²) in [5, 5.41) is 0. The average molecular weight is 241 g/mol. The number of hydrogen-bond donors (Lipinski definition) is 0. The van der Waals surface area contributed by atoms with Gasteiger partial charge in [0.1, 0.15) is 7.85 Å². The molecule has 1 heterocycles. The van der Waals surface area contributed by atoms with Crippen molar-refractivity contribution in [3.05, 3.63) is 11.8 Å². The van der Waals surface area contributed by atoms with Crippen LogP contribution in [0.15, 0.2) is 11.8 Å². The highest BCUT2D eigenvalue weighted by molar-refractivity contribution is 6.17. The van der Waals surface area contributed by atoms with Crippen molar-refractivity contribution in [2.75, 3.05) is 26.3 Å². The van der Waals surface area contributed by atoms with Crippen LogP contribution in [0.3, 0.4) is 0 Å². The molecule has 2 nitrogen and oxygen atoms in total. The smallest absolute Gasteiger partial charge is 0.374 e. The molecule has 0 aliphatic carbocycles. The van der Waals surface area contributed by atoms with Crippen LogP contribution in [0, 0.1) is 0 Å². The third-order valence-corrected chi connectivity index (χ3v) is 2.23. The van der Waals surface area contributed by atoms with Crippen LogP contribution in [-0.2, 0) is 4.74 Å². The van der Waals surface area contributed by atoms with Crippen LogP contribution in [-0.4, -0.2) is 51.0 Å². The first kappa shape index (κ1) is 13.4. The zero-order valence-electron chi connectivity index (χ0n) is 8.23. The second-order valence-electron chi connectivity index (χ2n) is 3.23. The lowest BCUT2D eigenvalue weighted by Crippen LogP contribution is -2.58. The van der Waals surface area contributed by atoms with Gasteiger partial charge in [0, 0.05) is 13.1 Å². The Labute approximate surface area is 90.5 Å². The summed E-state index contributed by atoms with van der Waals surface area (Å²) in [5.74, 6) is -7.43. The molecule has 1 saturated heterocycles. The zero-order chi connectivity index (χ0) is 12.4. The maximum atomic E-state index is 13.3. The van der Waals surface area contributed by atoms with E-state index in [0.717, 1.165) is 0 Å². The third kappa shape index (κ3) is 2.22. The Hall–Kier alpha value is -0.625. The topological polar surface area (TPSA) is 12.5 Å². The Kier molecular flexibility index (Phi) is 3.95. The molecule has 2 radical (unpaired) electrons. The standard InChI is InChI=1S/C8H9BF5NO/c9-5-6(10)7(11,12)8(13,14)15-1-3-16-4-2-15/h5H,1-4H2/b6-5-. The summed E-state index contributed by atoms with van der Waals surface area (Å²) in [7, 11) is 4.49. The molecule has 0 aromatic carbocycles. The molecular weight excluding hydrogens is 232 g/mol. The molecule has 1 fully saturated rings. The molecule has 1 rings (SSSR count). The maximum absolute atomic E-state index is 13.3. The van der Waals surface area contributed by atoms with Crippen LogP contribution < -0.4 is 0 Å². The predicted octanol–water partition coefficient (Wildman–Crippen LogP) is 1.53. The van der Waals surface area contributed by atoms with Crippen LogP contribution in [0.1, 0.15) is 0 Å². The Balaban J connectivity index is 2.89. The highest BCUT2D eigenvalue weighted by Gasteiger charge is 2.62. The van der Waals surface area contributed by atoms with E-state index in [1.165, 1.54) is 0 Å². The van der Waals surface area contributed by atoms with Gasteiger partial charge in [0.05, 0.1) is 13.2 Å². The van der Waals surface area contributed by atoms with E-state index in [1.54, 1.807) is 0 Å². The van der Waals surface area contributed by atoms with Crippen LogP contribution in [0.25, 0.3) is 0 Å². The van der Waals surface area contributed by atoms with E-state index in [2.05, 4.69) is 7.85 Å². The molecule has 0 amide bonds. The number of ether oxygens (including phenoxy) is 1. The molecule has 0 spiro atoms. The first-order valence-electron chi connectivity index (χ1n) is 4.50. The fourth-order valence-electron chi connectivity index (χ4n) is 1.29. The maximum Gasteiger partial charge on any atom is 0.374 e. The zero-order valence-corrected chi connectivity index (χ0v) is 8.23. The Morgan fingerprint density at radius 3 is 2.12 bits per heavy atom. The van der Waals surface area contributed by atoms with Crippen molar-refractivity contribution in [1.29, 1.82) is 0 Å². The number of rotatable bonds is 3. The predicted molar refractivity (Wildman–Crippen MR) is 47.2 cm³/mol. The van der Waals surface area contributed by atoms with E-state index in [-0.39, 0.29) is 37.2 Å². The van der Waals surface area contributed by atoms with Crippen LogP contribution in [0.2, 0.25) is 0 Å². The fourth-order valence-corrected chi connectivity index (χ4v) is 1.29. The largest absolute Gasteiger partial charge is 0.379 e. The number of hydrogen-bond acceptors (Lipinski definition) is 2. The Morgan fingerprint density at radius 2 is 1.69 bits per heavy atom. The van der Waals surface area contributed by atoms with Crippen molar-refractivity contribution in [2.45, 2.75) is 12.0 Å². The van der Waals surface area contributed by atoms with Gasteiger partial charge >= 0.3 is 12.0 Å². The lowest BCUT2D eigenvalue weighted by molar-refractivity contribution is -0.284. The number of alkyl halides is 4. The summed E-state index contributed by atoms with van der Waals surface area (Å²) < 4.78 is 70.0. The second kappa shape index (κ2) is 4.71. The molecule has 16 heavy (non-hydrogen) atoms. The van der Waals surface area contributed by atoms with Gasteiger partial charge in [-0.1, -0.05) is 5.98 Å². The van der Waals surface area contributed by atoms with Gasteiger partial charge < -0.3 is 4.74 Å². The monoisotopic (exact) mass is 241 g/mol. The molecule has 8 heteroatoms. The minimum absolute atomic E-state index is 0.0976. The van der Waals surface area contributed by atoms with Gasteiger partial charge in [-0.2, -0.15) is 17.6 Å². The molecule has 1 aliphatic heterocycles. The number of nitrogens with zero attached hydrogens (tertiary/aromatic N) is 1. The molecule has 0 unspecified atom stereocenters. The van der Waals surface area contributed by atoms with E-state index in [9.17, 15) is 22.0 Å². The minimum Gasteiger partial charge on any atom is -0.379 e. The molecular formula is C8H9BF5NO. The van der Waals surface area contributed by atoms with Gasteiger partial charge in [0.25, 0.3) is 0 Å². The first-order chi connectivity index (χ1) is 7.34. The van der Waals surface area contributed by atoms with Crippen molar-refractivity contribution < 1.29 is 26.7 Å². The van der Waals surface area contributed by atoms with Gasteiger partial charge in [-0.15, -0.1) is 0 Å². The highest BCUT2D eigenvalue weighted by atomic mass is 19.3. The highest BCUT2D eigenvalue weighted by Crippen LogP contribution is 2.42. The summed E-state index contributed by atoms with van der Waals surface area (Å²) in [5.41, 5.74) is 0. The van der Waals surface area contributed by atoms with Crippen LogP contribution >= 0.6 is 0 Å². The normalized spacial score (nSPS) is 21.2. The van der Waals surface area contributed by atoms with E-state index < -0.39 is 17.8 Å². The van der Waals surface area contributed by atoms with Gasteiger partial charge in [0.15, 0.2) is 5.83 Å². The summed E-state index contributed by atoms with van der Waals surface area (Å²) in [4.78, 5) is 0.180. The second-order valence-corrected chi connectivity index (χ2v) is 3.23. The van der Waals surface area contributed by atoms with Gasteiger partial charge in [-0.25, -0.2) is 9.29 Å². The molecule has 0 saturated carbocycles. The third-order valence-electron chi connectivity index (χ3n) is 2.23. The molecule has 90 valence electrons. The van der Waals surface area contributed by atoms with Gasteiger partial charge in [0.2, 0.25) is 0 Å². The Morgan fingerprint density at radius 1 is 1.19 bits per heavy atom. The average Bonchev–Trinajstić information content (AvgIpc) is 2.28. The molecule has 0 atom stereocenters. The summed E-state index contributed by atoms with van der Waals surface area (Å²) >= 11 is 0. The Bertz CT molecular complexity index is 278.